The van der Waals surface area contributed by atoms with E-state index in [1.165, 1.54) is 11.8 Å². The van der Waals surface area contributed by atoms with Crippen molar-refractivity contribution in [2.24, 2.45) is 4.99 Å². The van der Waals surface area contributed by atoms with Crippen molar-refractivity contribution in [1.82, 2.24) is 4.90 Å². The maximum atomic E-state index is 13.2. The maximum Gasteiger partial charge on any atom is 0.266 e. The van der Waals surface area contributed by atoms with Crippen molar-refractivity contribution in [2.75, 3.05) is 20.3 Å². The summed E-state index contributed by atoms with van der Waals surface area (Å²) in [5, 5.41) is 1.32. The summed E-state index contributed by atoms with van der Waals surface area (Å²) in [5.74, 6) is 1.92. The lowest BCUT2D eigenvalue weighted by molar-refractivity contribution is -0.122. The van der Waals surface area contributed by atoms with Gasteiger partial charge in [-0.05, 0) is 79.2 Å². The second-order valence-electron chi connectivity index (χ2n) is 8.18. The molecule has 192 valence electrons. The van der Waals surface area contributed by atoms with E-state index in [9.17, 15) is 4.79 Å². The zero-order valence-electron chi connectivity index (χ0n) is 21.1. The van der Waals surface area contributed by atoms with Crippen molar-refractivity contribution in [3.63, 3.8) is 0 Å². The predicted octanol–water partition coefficient (Wildman–Crippen LogP) is 7.34. The predicted molar refractivity (Wildman–Crippen MR) is 151 cm³/mol. The van der Waals surface area contributed by atoms with Gasteiger partial charge in [-0.2, -0.15) is 0 Å². The van der Waals surface area contributed by atoms with Gasteiger partial charge in [-0.25, -0.2) is 4.99 Å². The minimum atomic E-state index is -0.0592. The molecule has 0 saturated carbocycles. The number of halogens is 1. The Bertz CT molecular complexity index is 1310. The van der Waals surface area contributed by atoms with Crippen LogP contribution in [0.1, 0.15) is 31.4 Å². The third kappa shape index (κ3) is 6.67. The van der Waals surface area contributed by atoms with Crippen molar-refractivity contribution < 1.29 is 19.0 Å². The molecule has 1 aliphatic heterocycles. The number of methoxy groups -OCH3 is 1. The lowest BCUT2D eigenvalue weighted by atomic mass is 10.1. The number of hydrogen-bond acceptors (Lipinski definition) is 6. The first-order valence-corrected chi connectivity index (χ1v) is 13.3. The molecular weight excluding hydrogens is 508 g/mol. The van der Waals surface area contributed by atoms with Crippen molar-refractivity contribution in [3.8, 4) is 17.2 Å². The highest BCUT2D eigenvalue weighted by molar-refractivity contribution is 8.18. The van der Waals surface area contributed by atoms with Gasteiger partial charge in [0.25, 0.3) is 5.91 Å². The largest absolute Gasteiger partial charge is 0.497 e. The molecule has 37 heavy (non-hydrogen) atoms. The molecule has 4 rings (SSSR count). The molecule has 0 aliphatic carbocycles. The summed E-state index contributed by atoms with van der Waals surface area (Å²) >= 11 is 7.63. The second kappa shape index (κ2) is 12.7. The number of nitrogens with zero attached hydrogens (tertiary/aromatic N) is 2. The summed E-state index contributed by atoms with van der Waals surface area (Å²) in [7, 11) is 1.63. The molecule has 8 heteroatoms. The van der Waals surface area contributed by atoms with Crippen molar-refractivity contribution in [3.05, 3.63) is 87.8 Å². The Morgan fingerprint density at radius 3 is 2.49 bits per heavy atom. The summed E-state index contributed by atoms with van der Waals surface area (Å²) in [5.41, 5.74) is 2.49. The van der Waals surface area contributed by atoms with Crippen LogP contribution in [0.25, 0.3) is 6.08 Å². The number of aliphatic imine (C=N–C) groups is 1. The number of amidine groups is 1. The number of carbonyl (C=O) groups is 1. The fraction of sp³-hybridized carbons (Fsp3) is 0.241. The fourth-order valence-electron chi connectivity index (χ4n) is 3.70. The van der Waals surface area contributed by atoms with Crippen LogP contribution in [0.4, 0.5) is 5.69 Å². The van der Waals surface area contributed by atoms with Gasteiger partial charge in [-0.1, -0.05) is 42.8 Å². The summed E-state index contributed by atoms with van der Waals surface area (Å²) in [4.78, 5) is 20.3. The van der Waals surface area contributed by atoms with E-state index in [-0.39, 0.29) is 5.91 Å². The molecule has 0 aromatic heterocycles. The van der Waals surface area contributed by atoms with E-state index in [0.717, 1.165) is 29.0 Å². The average molecular weight is 537 g/mol. The third-order valence-corrected chi connectivity index (χ3v) is 6.91. The van der Waals surface area contributed by atoms with Gasteiger partial charge in [0.2, 0.25) is 0 Å². The van der Waals surface area contributed by atoms with E-state index in [4.69, 9.17) is 30.8 Å². The molecule has 1 aliphatic rings. The van der Waals surface area contributed by atoms with Crippen molar-refractivity contribution in [2.45, 2.75) is 26.9 Å². The van der Waals surface area contributed by atoms with Gasteiger partial charge >= 0.3 is 0 Å². The van der Waals surface area contributed by atoms with E-state index in [1.54, 1.807) is 12.0 Å². The van der Waals surface area contributed by atoms with Crippen molar-refractivity contribution in [1.29, 1.82) is 0 Å². The minimum absolute atomic E-state index is 0.0592. The quantitative estimate of drug-likeness (QED) is 0.254. The Labute approximate surface area is 226 Å². The van der Waals surface area contributed by atoms with Crippen molar-refractivity contribution >= 4 is 46.2 Å². The molecule has 1 saturated heterocycles. The molecule has 0 N–H and O–H groups in total. The lowest BCUT2D eigenvalue weighted by Gasteiger charge is -2.14. The smallest absolute Gasteiger partial charge is 0.266 e. The number of carbonyl (C=O) groups excluding carboxylic acids is 1. The van der Waals surface area contributed by atoms with Crippen LogP contribution >= 0.6 is 23.4 Å². The molecule has 0 atom stereocenters. The van der Waals surface area contributed by atoms with E-state index < -0.39 is 0 Å². The summed E-state index contributed by atoms with van der Waals surface area (Å²) in [6.45, 7) is 5.37. The van der Waals surface area contributed by atoms with Gasteiger partial charge in [-0.15, -0.1) is 0 Å². The van der Waals surface area contributed by atoms with Crippen LogP contribution in [0.2, 0.25) is 5.02 Å². The van der Waals surface area contributed by atoms with Crippen LogP contribution in [-0.4, -0.2) is 36.2 Å². The maximum absolute atomic E-state index is 13.2. The van der Waals surface area contributed by atoms with Crippen LogP contribution in [0.5, 0.6) is 17.2 Å². The molecule has 0 unspecified atom stereocenters. The van der Waals surface area contributed by atoms with E-state index in [0.29, 0.717) is 46.4 Å². The first-order valence-electron chi connectivity index (χ1n) is 12.1. The molecule has 0 spiro atoms. The van der Waals surface area contributed by atoms with Gasteiger partial charge in [0, 0.05) is 17.1 Å². The second-order valence-corrected chi connectivity index (χ2v) is 9.60. The Morgan fingerprint density at radius 2 is 1.78 bits per heavy atom. The van der Waals surface area contributed by atoms with Crippen LogP contribution in [0.15, 0.2) is 76.6 Å². The molecule has 3 aromatic carbocycles. The summed E-state index contributed by atoms with van der Waals surface area (Å²) in [6.07, 6.45) is 2.69. The fourth-order valence-corrected chi connectivity index (χ4v) is 4.92. The SMILES string of the molecule is CCCN1C(=O)C(=Cc2ccc(OCc3ccccc3Cl)c(OCC)c2)SC1=Nc1ccc(OC)cc1. The summed E-state index contributed by atoms with van der Waals surface area (Å²) in [6, 6.07) is 20.7. The highest BCUT2D eigenvalue weighted by atomic mass is 35.5. The normalized spacial score (nSPS) is 15.5. The van der Waals surface area contributed by atoms with Gasteiger partial charge in [-0.3, -0.25) is 9.69 Å². The molecule has 1 heterocycles. The third-order valence-electron chi connectivity index (χ3n) is 5.54. The van der Waals surface area contributed by atoms with Gasteiger partial charge in [0.05, 0.1) is 24.3 Å². The van der Waals surface area contributed by atoms with Gasteiger partial charge in [0.1, 0.15) is 12.4 Å². The molecule has 3 aromatic rings. The van der Waals surface area contributed by atoms with E-state index >= 15 is 0 Å². The molecule has 1 amide bonds. The Morgan fingerprint density at radius 1 is 1.00 bits per heavy atom. The molecule has 0 bridgehead atoms. The number of benzene rings is 3. The Kier molecular flexibility index (Phi) is 9.14. The number of ether oxygens (including phenoxy) is 3. The number of rotatable bonds is 10. The summed E-state index contributed by atoms with van der Waals surface area (Å²) < 4.78 is 17.1. The molecule has 0 radical (unpaired) electrons. The number of amides is 1. The van der Waals surface area contributed by atoms with Crippen LogP contribution in [0, 0.1) is 0 Å². The monoisotopic (exact) mass is 536 g/mol. The van der Waals surface area contributed by atoms with E-state index in [1.807, 2.05) is 86.7 Å². The zero-order valence-corrected chi connectivity index (χ0v) is 22.6. The number of thioether (sulfide) groups is 1. The van der Waals surface area contributed by atoms with Gasteiger partial charge < -0.3 is 14.2 Å². The zero-order chi connectivity index (χ0) is 26.2. The van der Waals surface area contributed by atoms with E-state index in [2.05, 4.69) is 0 Å². The lowest BCUT2D eigenvalue weighted by Crippen LogP contribution is -2.29. The van der Waals surface area contributed by atoms with Crippen LogP contribution in [-0.2, 0) is 11.4 Å². The Balaban J connectivity index is 1.57. The minimum Gasteiger partial charge on any atom is -0.497 e. The molecule has 6 nitrogen and oxygen atoms in total. The number of hydrogen-bond donors (Lipinski definition) is 0. The average Bonchev–Trinajstić information content (AvgIpc) is 3.19. The standard InChI is InChI=1S/C29H29ClN2O4S/c1-4-16-32-28(33)27(37-29(32)31-22-11-13-23(34-3)14-12-22)18-20-10-15-25(26(17-20)35-5-2)36-19-21-8-6-7-9-24(21)30/h6-15,17-18H,4-5,16,19H2,1-3H3. The van der Waals surface area contributed by atoms with Crippen LogP contribution in [0.3, 0.4) is 0 Å². The Hall–Kier alpha value is -3.42. The first kappa shape index (κ1) is 26.6. The van der Waals surface area contributed by atoms with Crippen LogP contribution < -0.4 is 14.2 Å². The topological polar surface area (TPSA) is 60.4 Å². The molecular formula is C29H29ClN2O4S. The highest BCUT2D eigenvalue weighted by Crippen LogP contribution is 2.36. The highest BCUT2D eigenvalue weighted by Gasteiger charge is 2.32. The molecule has 1 fully saturated rings. The first-order chi connectivity index (χ1) is 18.0. The van der Waals surface area contributed by atoms with Gasteiger partial charge in [0.15, 0.2) is 16.7 Å².